The topological polar surface area (TPSA) is 105 Å². The summed E-state index contributed by atoms with van der Waals surface area (Å²) in [6.45, 7) is 8.31. The van der Waals surface area contributed by atoms with Crippen molar-refractivity contribution in [1.29, 1.82) is 0 Å². The highest BCUT2D eigenvalue weighted by atomic mass is 16.5. The number of morpholine rings is 1. The van der Waals surface area contributed by atoms with Gasteiger partial charge in [0.25, 0.3) is 0 Å². The Morgan fingerprint density at radius 3 is 2.38 bits per heavy atom. The van der Waals surface area contributed by atoms with Gasteiger partial charge in [0.05, 0.1) is 18.8 Å². The SMILES string of the molecule is CC(=O)N1CCN(c2nc3c(N4CCOCC4)nc(-c4cncnc4)nc3n2CC2CC2)CC1. The maximum absolute atomic E-state index is 11.8. The molecule has 11 heteroatoms. The molecule has 2 aliphatic heterocycles. The van der Waals surface area contributed by atoms with Gasteiger partial charge in [-0.15, -0.1) is 0 Å². The Kier molecular flexibility index (Phi) is 5.48. The Balaban J connectivity index is 1.48. The highest BCUT2D eigenvalue weighted by molar-refractivity contribution is 5.88. The molecule has 1 amide bonds. The minimum atomic E-state index is 0.126. The highest BCUT2D eigenvalue weighted by Crippen LogP contribution is 2.36. The van der Waals surface area contributed by atoms with Crippen molar-refractivity contribution in [1.82, 2.24) is 34.4 Å². The molecular weight excluding hydrogens is 434 g/mol. The van der Waals surface area contributed by atoms with Gasteiger partial charge in [-0.25, -0.2) is 24.9 Å². The first-order chi connectivity index (χ1) is 16.7. The molecule has 0 unspecified atom stereocenters. The fourth-order valence-corrected chi connectivity index (χ4v) is 4.70. The van der Waals surface area contributed by atoms with E-state index in [0.29, 0.717) is 38.0 Å². The molecule has 3 aromatic rings. The van der Waals surface area contributed by atoms with E-state index in [1.165, 1.54) is 19.2 Å². The molecule has 6 rings (SSSR count). The number of rotatable bonds is 5. The number of hydrogen-bond acceptors (Lipinski definition) is 9. The summed E-state index contributed by atoms with van der Waals surface area (Å²) in [7, 11) is 0. The number of hydrogen-bond donors (Lipinski definition) is 0. The lowest BCUT2D eigenvalue weighted by molar-refractivity contribution is -0.129. The van der Waals surface area contributed by atoms with E-state index in [9.17, 15) is 4.79 Å². The lowest BCUT2D eigenvalue weighted by Gasteiger charge is -2.35. The van der Waals surface area contributed by atoms with Crippen LogP contribution < -0.4 is 9.80 Å². The van der Waals surface area contributed by atoms with E-state index in [-0.39, 0.29) is 5.91 Å². The van der Waals surface area contributed by atoms with E-state index in [4.69, 9.17) is 19.7 Å². The summed E-state index contributed by atoms with van der Waals surface area (Å²) in [6.07, 6.45) is 7.48. The van der Waals surface area contributed by atoms with E-state index >= 15 is 0 Å². The zero-order valence-electron chi connectivity index (χ0n) is 19.4. The molecular formula is C23H29N9O2. The van der Waals surface area contributed by atoms with Crippen LogP contribution in [0.3, 0.4) is 0 Å². The minimum Gasteiger partial charge on any atom is -0.378 e. The molecule has 0 N–H and O–H groups in total. The van der Waals surface area contributed by atoms with Crippen LogP contribution in [0, 0.1) is 5.92 Å². The lowest BCUT2D eigenvalue weighted by atomic mass is 10.3. The molecule has 5 heterocycles. The average molecular weight is 464 g/mol. The van der Waals surface area contributed by atoms with Gasteiger partial charge in [-0.05, 0) is 18.8 Å². The third kappa shape index (κ3) is 4.04. The van der Waals surface area contributed by atoms with Crippen LogP contribution in [0.25, 0.3) is 22.6 Å². The van der Waals surface area contributed by atoms with Gasteiger partial charge in [0.15, 0.2) is 22.8 Å². The highest BCUT2D eigenvalue weighted by Gasteiger charge is 2.31. The Labute approximate surface area is 197 Å². The molecule has 3 fully saturated rings. The van der Waals surface area contributed by atoms with Gasteiger partial charge in [-0.2, -0.15) is 0 Å². The second-order valence-corrected chi connectivity index (χ2v) is 9.23. The summed E-state index contributed by atoms with van der Waals surface area (Å²) in [5.41, 5.74) is 2.47. The monoisotopic (exact) mass is 463 g/mol. The van der Waals surface area contributed by atoms with Crippen LogP contribution in [0.5, 0.6) is 0 Å². The van der Waals surface area contributed by atoms with Crippen LogP contribution in [0.1, 0.15) is 19.8 Å². The van der Waals surface area contributed by atoms with Crippen molar-refractivity contribution in [3.05, 3.63) is 18.7 Å². The van der Waals surface area contributed by atoms with Crippen LogP contribution in [0.4, 0.5) is 11.8 Å². The first-order valence-electron chi connectivity index (χ1n) is 12.0. The number of piperazine rings is 1. The number of amides is 1. The van der Waals surface area contributed by atoms with Crippen molar-refractivity contribution in [3.8, 4) is 11.4 Å². The smallest absolute Gasteiger partial charge is 0.219 e. The molecule has 0 bridgehead atoms. The van der Waals surface area contributed by atoms with Crippen LogP contribution in [0.2, 0.25) is 0 Å². The predicted molar refractivity (Wildman–Crippen MR) is 127 cm³/mol. The van der Waals surface area contributed by atoms with Gasteiger partial charge in [-0.1, -0.05) is 0 Å². The molecule has 0 spiro atoms. The number of anilines is 2. The summed E-state index contributed by atoms with van der Waals surface area (Å²) in [5.74, 6) is 3.15. The standard InChI is InChI=1S/C23H29N9O2/c1-16(33)29-4-6-31(7-5-29)23-26-19-21(30-8-10-34-11-9-30)27-20(18-12-24-15-25-13-18)28-22(19)32(23)14-17-2-3-17/h12-13,15,17H,2-11,14H2,1H3. The number of imidazole rings is 1. The Morgan fingerprint density at radius 2 is 1.71 bits per heavy atom. The largest absolute Gasteiger partial charge is 0.378 e. The molecule has 178 valence electrons. The van der Waals surface area contributed by atoms with Crippen molar-refractivity contribution in [2.75, 3.05) is 62.3 Å². The molecule has 3 aromatic heterocycles. The number of nitrogens with zero attached hydrogens (tertiary/aromatic N) is 9. The van der Waals surface area contributed by atoms with Crippen LogP contribution in [0.15, 0.2) is 18.7 Å². The predicted octanol–water partition coefficient (Wildman–Crippen LogP) is 1.20. The van der Waals surface area contributed by atoms with Gasteiger partial charge in [-0.3, -0.25) is 9.36 Å². The van der Waals surface area contributed by atoms with Crippen molar-refractivity contribution in [3.63, 3.8) is 0 Å². The molecule has 2 saturated heterocycles. The fourth-order valence-electron chi connectivity index (χ4n) is 4.70. The van der Waals surface area contributed by atoms with E-state index in [2.05, 4.69) is 24.3 Å². The summed E-state index contributed by atoms with van der Waals surface area (Å²) < 4.78 is 7.86. The quantitative estimate of drug-likeness (QED) is 0.552. The molecule has 1 aliphatic carbocycles. The second kappa shape index (κ2) is 8.79. The normalized spacial score (nSPS) is 19.1. The third-order valence-electron chi connectivity index (χ3n) is 6.83. The molecule has 1 saturated carbocycles. The zero-order chi connectivity index (χ0) is 23.1. The summed E-state index contributed by atoms with van der Waals surface area (Å²) in [5, 5.41) is 0. The van der Waals surface area contributed by atoms with Crippen molar-refractivity contribution >= 4 is 28.8 Å². The van der Waals surface area contributed by atoms with E-state index in [1.54, 1.807) is 19.3 Å². The Morgan fingerprint density at radius 1 is 0.971 bits per heavy atom. The van der Waals surface area contributed by atoms with Gasteiger partial charge >= 0.3 is 0 Å². The maximum Gasteiger partial charge on any atom is 0.219 e. The zero-order valence-corrected chi connectivity index (χ0v) is 19.4. The third-order valence-corrected chi connectivity index (χ3v) is 6.83. The van der Waals surface area contributed by atoms with Crippen molar-refractivity contribution in [2.45, 2.75) is 26.3 Å². The molecule has 0 aromatic carbocycles. The van der Waals surface area contributed by atoms with Crippen LogP contribution >= 0.6 is 0 Å². The van der Waals surface area contributed by atoms with Gasteiger partial charge < -0.3 is 19.4 Å². The summed E-state index contributed by atoms with van der Waals surface area (Å²) in [6, 6.07) is 0. The first kappa shape index (κ1) is 21.2. The number of carbonyl (C=O) groups excluding carboxylic acids is 1. The molecule has 11 nitrogen and oxygen atoms in total. The minimum absolute atomic E-state index is 0.126. The van der Waals surface area contributed by atoms with Crippen molar-refractivity contribution in [2.24, 2.45) is 5.92 Å². The molecule has 3 aliphatic rings. The van der Waals surface area contributed by atoms with Gasteiger partial charge in [0, 0.05) is 65.1 Å². The average Bonchev–Trinajstić information content (AvgIpc) is 3.64. The van der Waals surface area contributed by atoms with Crippen LogP contribution in [-0.4, -0.2) is 92.8 Å². The maximum atomic E-state index is 11.8. The fraction of sp³-hybridized carbons (Fsp3) is 0.565. The van der Waals surface area contributed by atoms with Crippen molar-refractivity contribution < 1.29 is 9.53 Å². The molecule has 34 heavy (non-hydrogen) atoms. The summed E-state index contributed by atoms with van der Waals surface area (Å²) in [4.78, 5) is 41.7. The van der Waals surface area contributed by atoms with E-state index < -0.39 is 0 Å². The summed E-state index contributed by atoms with van der Waals surface area (Å²) >= 11 is 0. The number of fused-ring (bicyclic) bond motifs is 1. The number of ether oxygens (including phenoxy) is 1. The molecule has 0 radical (unpaired) electrons. The Hall–Kier alpha value is -3.34. The van der Waals surface area contributed by atoms with Crippen LogP contribution in [-0.2, 0) is 16.1 Å². The second-order valence-electron chi connectivity index (χ2n) is 9.23. The number of aromatic nitrogens is 6. The van der Waals surface area contributed by atoms with E-state index in [0.717, 1.165) is 61.2 Å². The van der Waals surface area contributed by atoms with Gasteiger partial charge in [0.1, 0.15) is 6.33 Å². The van der Waals surface area contributed by atoms with Gasteiger partial charge in [0.2, 0.25) is 11.9 Å². The Bertz CT molecular complexity index is 1180. The van der Waals surface area contributed by atoms with E-state index in [1.807, 2.05) is 4.90 Å². The lowest BCUT2D eigenvalue weighted by Crippen LogP contribution is -2.48. The molecule has 0 atom stereocenters. The number of carbonyl (C=O) groups is 1. The first-order valence-corrected chi connectivity index (χ1v) is 12.0.